The van der Waals surface area contributed by atoms with Crippen LogP contribution in [0.5, 0.6) is 0 Å². The van der Waals surface area contributed by atoms with E-state index >= 15 is 0 Å². The maximum atomic E-state index is 2.70. The highest BCUT2D eigenvalue weighted by molar-refractivity contribution is 5.09. The first-order chi connectivity index (χ1) is 3.95. The smallest absolute Gasteiger partial charge is 0.0131 e. The van der Waals surface area contributed by atoms with E-state index in [9.17, 15) is 0 Å². The van der Waals surface area contributed by atoms with Crippen molar-refractivity contribution in [3.05, 3.63) is 0 Å². The van der Waals surface area contributed by atoms with Crippen molar-refractivity contribution in [1.82, 2.24) is 4.90 Å². The first kappa shape index (κ1) is 3.89. The van der Waals surface area contributed by atoms with E-state index in [4.69, 9.17) is 0 Å². The molecule has 0 bridgehead atoms. The molecule has 0 amide bonds. The summed E-state index contributed by atoms with van der Waals surface area (Å²) in [5, 5.41) is 0. The summed E-state index contributed by atoms with van der Waals surface area (Å²) in [6.45, 7) is 1.42. The molecule has 1 nitrogen and oxygen atoms in total. The quantitative estimate of drug-likeness (QED) is 0.446. The molecule has 2 aliphatic heterocycles. The minimum Gasteiger partial charge on any atom is -0.297 e. The number of hydrogen-bond acceptors (Lipinski definition) is 1. The van der Waals surface area contributed by atoms with E-state index in [2.05, 4.69) is 4.90 Å². The van der Waals surface area contributed by atoms with Gasteiger partial charge in [-0.15, -0.1) is 0 Å². The highest BCUT2D eigenvalue weighted by Crippen LogP contribution is 2.52. The Morgan fingerprint density at radius 2 is 2.25 bits per heavy atom. The summed E-state index contributed by atoms with van der Waals surface area (Å²) in [6.07, 6.45) is 4.59. The molecule has 8 heavy (non-hydrogen) atoms. The van der Waals surface area contributed by atoms with Crippen molar-refractivity contribution in [3.8, 4) is 0 Å². The lowest BCUT2D eigenvalue weighted by molar-refractivity contribution is 0.111. The Kier molecular flexibility index (Phi) is 0.472. The number of fused-ring (bicyclic) bond motifs is 3. The van der Waals surface area contributed by atoms with Crippen LogP contribution in [0.3, 0.4) is 0 Å². The zero-order valence-electron chi connectivity index (χ0n) is 5.01. The average molecular weight is 109 g/mol. The van der Waals surface area contributed by atoms with Gasteiger partial charge in [-0.1, -0.05) is 0 Å². The molecule has 0 radical (unpaired) electrons. The Balaban J connectivity index is 1.92. The van der Waals surface area contributed by atoms with Gasteiger partial charge in [-0.25, -0.2) is 0 Å². The average Bonchev–Trinajstić information content (AvgIpc) is 2.34. The predicted molar refractivity (Wildman–Crippen MR) is 31.6 cm³/mol. The number of nitrogens with zero attached hydrogens (tertiary/aromatic N) is 1. The van der Waals surface area contributed by atoms with Crippen molar-refractivity contribution in [2.75, 3.05) is 6.54 Å². The molecule has 44 valence electrons. The Bertz CT molecular complexity index is 128. The van der Waals surface area contributed by atoms with Crippen molar-refractivity contribution in [2.45, 2.75) is 31.3 Å². The van der Waals surface area contributed by atoms with Crippen molar-refractivity contribution in [2.24, 2.45) is 5.92 Å². The molecule has 3 rings (SSSR count). The van der Waals surface area contributed by atoms with Gasteiger partial charge in [-0.3, -0.25) is 4.90 Å². The maximum absolute atomic E-state index is 2.70. The first-order valence-electron chi connectivity index (χ1n) is 3.71. The third kappa shape index (κ3) is 0.278. The van der Waals surface area contributed by atoms with E-state index < -0.39 is 0 Å². The maximum Gasteiger partial charge on any atom is 0.0131 e. The molecule has 0 aromatic carbocycles. The van der Waals surface area contributed by atoms with Crippen LogP contribution in [0.1, 0.15) is 19.3 Å². The van der Waals surface area contributed by atoms with Gasteiger partial charge < -0.3 is 0 Å². The van der Waals surface area contributed by atoms with E-state index in [0.717, 1.165) is 18.0 Å². The Hall–Kier alpha value is -0.0400. The molecule has 0 aromatic rings. The fraction of sp³-hybridized carbons (Fsp3) is 1.00. The van der Waals surface area contributed by atoms with Crippen LogP contribution in [-0.4, -0.2) is 23.5 Å². The summed E-state index contributed by atoms with van der Waals surface area (Å²) in [5.74, 6) is 1.16. The lowest BCUT2D eigenvalue weighted by Crippen LogP contribution is -2.45. The van der Waals surface area contributed by atoms with E-state index in [1.54, 1.807) is 6.42 Å². The third-order valence-corrected chi connectivity index (χ3v) is 3.08. The van der Waals surface area contributed by atoms with Gasteiger partial charge in [0.25, 0.3) is 0 Å². The van der Waals surface area contributed by atoms with Crippen LogP contribution in [0, 0.1) is 5.92 Å². The topological polar surface area (TPSA) is 3.24 Å². The highest BCUT2D eigenvalue weighted by Gasteiger charge is 2.54. The van der Waals surface area contributed by atoms with Crippen molar-refractivity contribution in [1.29, 1.82) is 0 Å². The standard InChI is InChI=1S/C7H11N/c1-2-8-6(1)3-5-4-7(5)8/h5-7H,1-4H2. The number of hydrogen-bond donors (Lipinski definition) is 0. The number of rotatable bonds is 0. The second kappa shape index (κ2) is 0.971. The lowest BCUT2D eigenvalue weighted by Gasteiger charge is -2.37. The minimum absolute atomic E-state index is 1.05. The lowest BCUT2D eigenvalue weighted by atomic mass is 10.0. The van der Waals surface area contributed by atoms with E-state index in [0.29, 0.717) is 0 Å². The molecule has 3 fully saturated rings. The van der Waals surface area contributed by atoms with Crippen LogP contribution in [0.15, 0.2) is 0 Å². The van der Waals surface area contributed by atoms with Gasteiger partial charge in [-0.2, -0.15) is 0 Å². The Morgan fingerprint density at radius 3 is 2.62 bits per heavy atom. The minimum atomic E-state index is 1.05. The van der Waals surface area contributed by atoms with E-state index in [-0.39, 0.29) is 0 Å². The van der Waals surface area contributed by atoms with Gasteiger partial charge in [0.15, 0.2) is 0 Å². The summed E-state index contributed by atoms with van der Waals surface area (Å²) >= 11 is 0. The molecule has 2 heterocycles. The molecule has 3 aliphatic rings. The number of piperidine rings is 1. The summed E-state index contributed by atoms with van der Waals surface area (Å²) in [6, 6.07) is 2.13. The molecule has 0 spiro atoms. The molecule has 0 aromatic heterocycles. The Labute approximate surface area is 49.7 Å². The van der Waals surface area contributed by atoms with Crippen LogP contribution in [0.4, 0.5) is 0 Å². The second-order valence-electron chi connectivity index (χ2n) is 3.48. The van der Waals surface area contributed by atoms with Gasteiger partial charge in [0.05, 0.1) is 0 Å². The van der Waals surface area contributed by atoms with Crippen molar-refractivity contribution < 1.29 is 0 Å². The predicted octanol–water partition coefficient (Wildman–Crippen LogP) is 0.853. The SMILES string of the molecule is C1CN2C1CC1CC12. The molecule has 3 unspecified atom stereocenters. The van der Waals surface area contributed by atoms with Gasteiger partial charge in [0.2, 0.25) is 0 Å². The van der Waals surface area contributed by atoms with E-state index in [1.165, 1.54) is 19.4 Å². The molecule has 2 saturated heterocycles. The molecular weight excluding hydrogens is 98.1 g/mol. The third-order valence-electron chi connectivity index (χ3n) is 3.08. The zero-order chi connectivity index (χ0) is 5.14. The summed E-state index contributed by atoms with van der Waals surface area (Å²) in [5.41, 5.74) is 0. The zero-order valence-corrected chi connectivity index (χ0v) is 5.01. The van der Waals surface area contributed by atoms with Crippen LogP contribution in [0.2, 0.25) is 0 Å². The highest BCUT2D eigenvalue weighted by atomic mass is 15.3. The summed E-state index contributed by atoms with van der Waals surface area (Å²) in [4.78, 5) is 2.70. The molecule has 1 heteroatoms. The fourth-order valence-electron chi connectivity index (χ4n) is 2.39. The molecule has 3 atom stereocenters. The van der Waals surface area contributed by atoms with Crippen LogP contribution in [-0.2, 0) is 0 Å². The first-order valence-corrected chi connectivity index (χ1v) is 3.71. The summed E-state index contributed by atoms with van der Waals surface area (Å²) in [7, 11) is 0. The van der Waals surface area contributed by atoms with Gasteiger partial charge in [0, 0.05) is 18.6 Å². The second-order valence-corrected chi connectivity index (χ2v) is 3.48. The normalized spacial score (nSPS) is 59.2. The van der Waals surface area contributed by atoms with Crippen LogP contribution in [0.25, 0.3) is 0 Å². The van der Waals surface area contributed by atoms with Crippen LogP contribution >= 0.6 is 0 Å². The summed E-state index contributed by atoms with van der Waals surface area (Å²) < 4.78 is 0. The molecule has 1 saturated carbocycles. The van der Waals surface area contributed by atoms with Gasteiger partial charge >= 0.3 is 0 Å². The monoisotopic (exact) mass is 109 g/mol. The largest absolute Gasteiger partial charge is 0.297 e. The Morgan fingerprint density at radius 1 is 1.25 bits per heavy atom. The molecule has 1 aliphatic carbocycles. The van der Waals surface area contributed by atoms with Gasteiger partial charge in [-0.05, 0) is 25.2 Å². The van der Waals surface area contributed by atoms with Crippen molar-refractivity contribution >= 4 is 0 Å². The van der Waals surface area contributed by atoms with Crippen LogP contribution < -0.4 is 0 Å². The van der Waals surface area contributed by atoms with E-state index in [1.807, 2.05) is 0 Å². The van der Waals surface area contributed by atoms with Gasteiger partial charge in [0.1, 0.15) is 0 Å². The molecular formula is C7H11N. The molecule has 0 N–H and O–H groups in total. The fourth-order valence-corrected chi connectivity index (χ4v) is 2.39. The van der Waals surface area contributed by atoms with Crippen molar-refractivity contribution in [3.63, 3.8) is 0 Å².